The van der Waals surface area contributed by atoms with Crippen LogP contribution >= 0.6 is 12.4 Å². The molecule has 122 valence electrons. The molecule has 0 amide bonds. The zero-order valence-corrected chi connectivity index (χ0v) is 14.1. The molecule has 1 aromatic heterocycles. The quantitative estimate of drug-likeness (QED) is 0.899. The number of nitrogens with zero attached hydrogens (tertiary/aromatic N) is 2. The van der Waals surface area contributed by atoms with E-state index in [1.54, 1.807) is 7.11 Å². The van der Waals surface area contributed by atoms with Gasteiger partial charge in [-0.3, -0.25) is 5.32 Å². The van der Waals surface area contributed by atoms with E-state index in [9.17, 15) is 5.11 Å². The fourth-order valence-corrected chi connectivity index (χ4v) is 3.10. The molecular weight excluding hydrogens is 302 g/mol. The van der Waals surface area contributed by atoms with Crippen molar-refractivity contribution in [3.8, 4) is 5.75 Å². The van der Waals surface area contributed by atoms with E-state index >= 15 is 0 Å². The van der Waals surface area contributed by atoms with Gasteiger partial charge in [-0.15, -0.1) is 12.4 Å². The molecule has 6 heteroatoms. The van der Waals surface area contributed by atoms with Gasteiger partial charge in [0.2, 0.25) is 0 Å². The summed E-state index contributed by atoms with van der Waals surface area (Å²) in [6.45, 7) is 2.61. The molecule has 0 radical (unpaired) electrons. The summed E-state index contributed by atoms with van der Waals surface area (Å²) in [7, 11) is 5.82. The van der Waals surface area contributed by atoms with Crippen molar-refractivity contribution in [2.24, 2.45) is 0 Å². The number of methoxy groups -OCH3 is 1. The number of halogens is 1. The first-order valence-electron chi connectivity index (χ1n) is 7.37. The average molecular weight is 326 g/mol. The maximum absolute atomic E-state index is 10.4. The first-order chi connectivity index (χ1) is 10.1. The summed E-state index contributed by atoms with van der Waals surface area (Å²) in [5.41, 5.74) is 3.42. The molecule has 22 heavy (non-hydrogen) atoms. The molecule has 1 aliphatic rings. The van der Waals surface area contributed by atoms with Gasteiger partial charge >= 0.3 is 0 Å². The van der Waals surface area contributed by atoms with Gasteiger partial charge in [0.1, 0.15) is 12.0 Å². The zero-order chi connectivity index (χ0) is 15.0. The second-order valence-corrected chi connectivity index (χ2v) is 5.81. The van der Waals surface area contributed by atoms with Crippen LogP contribution < -0.4 is 10.1 Å². The van der Waals surface area contributed by atoms with Crippen LogP contribution in [0.4, 0.5) is 0 Å². The molecule has 2 aromatic rings. The number of aromatic nitrogens is 1. The van der Waals surface area contributed by atoms with E-state index in [0.717, 1.165) is 37.5 Å². The third-order valence-electron chi connectivity index (χ3n) is 4.16. The van der Waals surface area contributed by atoms with E-state index in [0.29, 0.717) is 0 Å². The fraction of sp³-hybridized carbons (Fsp3) is 0.500. The third-order valence-corrected chi connectivity index (χ3v) is 4.16. The van der Waals surface area contributed by atoms with E-state index in [2.05, 4.69) is 41.0 Å². The summed E-state index contributed by atoms with van der Waals surface area (Å²) in [4.78, 5) is 2.16. The van der Waals surface area contributed by atoms with Crippen molar-refractivity contribution in [2.75, 3.05) is 34.3 Å². The average Bonchev–Trinajstić information content (AvgIpc) is 2.79. The number of rotatable bonds is 4. The number of ether oxygens (including phenoxy) is 1. The normalized spacial score (nSPS) is 17.4. The highest BCUT2D eigenvalue weighted by molar-refractivity contribution is 5.87. The first-order valence-corrected chi connectivity index (χ1v) is 7.37. The van der Waals surface area contributed by atoms with Crippen LogP contribution in [0.25, 0.3) is 10.9 Å². The number of hydrogen-bond acceptors (Lipinski definition) is 4. The van der Waals surface area contributed by atoms with Crippen LogP contribution in [-0.4, -0.2) is 48.9 Å². The predicted molar refractivity (Wildman–Crippen MR) is 91.0 cm³/mol. The van der Waals surface area contributed by atoms with Gasteiger partial charge in [-0.1, -0.05) is 0 Å². The molecule has 1 aromatic carbocycles. The van der Waals surface area contributed by atoms with Crippen molar-refractivity contribution in [3.63, 3.8) is 0 Å². The Balaban J connectivity index is 0.00000176. The SMILES string of the molecule is COc1ccc2c(c1)c1c(n2CCN(C)C)C(O)NCC1.Cl. The molecule has 2 N–H and O–H groups in total. The highest BCUT2D eigenvalue weighted by Crippen LogP contribution is 2.34. The van der Waals surface area contributed by atoms with E-state index in [1.165, 1.54) is 16.5 Å². The van der Waals surface area contributed by atoms with Crippen molar-refractivity contribution < 1.29 is 9.84 Å². The molecule has 0 aliphatic carbocycles. The van der Waals surface area contributed by atoms with Crippen molar-refractivity contribution in [2.45, 2.75) is 19.2 Å². The van der Waals surface area contributed by atoms with Crippen molar-refractivity contribution in [3.05, 3.63) is 29.5 Å². The number of benzene rings is 1. The minimum Gasteiger partial charge on any atom is -0.497 e. The molecule has 3 rings (SSSR count). The Bertz CT molecular complexity index is 654. The Kier molecular flexibility index (Phi) is 5.34. The predicted octanol–water partition coefficient (Wildman–Crippen LogP) is 1.77. The monoisotopic (exact) mass is 325 g/mol. The number of aliphatic hydroxyl groups excluding tert-OH is 1. The maximum Gasteiger partial charge on any atom is 0.146 e. The van der Waals surface area contributed by atoms with Crippen LogP contribution in [-0.2, 0) is 13.0 Å². The van der Waals surface area contributed by atoms with Gasteiger partial charge in [0.15, 0.2) is 0 Å². The Morgan fingerprint density at radius 3 is 2.86 bits per heavy atom. The molecule has 0 saturated carbocycles. The summed E-state index contributed by atoms with van der Waals surface area (Å²) in [5, 5.41) is 14.7. The Morgan fingerprint density at radius 2 is 2.18 bits per heavy atom. The van der Waals surface area contributed by atoms with Gasteiger partial charge in [-0.2, -0.15) is 0 Å². The smallest absolute Gasteiger partial charge is 0.146 e. The van der Waals surface area contributed by atoms with Gasteiger partial charge in [0, 0.05) is 30.5 Å². The largest absolute Gasteiger partial charge is 0.497 e. The molecule has 2 heterocycles. The van der Waals surface area contributed by atoms with Crippen LogP contribution in [0.1, 0.15) is 17.5 Å². The summed E-state index contributed by atoms with van der Waals surface area (Å²) in [5.74, 6) is 0.864. The van der Waals surface area contributed by atoms with Crippen LogP contribution in [0.2, 0.25) is 0 Å². The number of nitrogens with one attached hydrogen (secondary N) is 1. The first kappa shape index (κ1) is 17.1. The van der Waals surface area contributed by atoms with Crippen LogP contribution in [0.3, 0.4) is 0 Å². The van der Waals surface area contributed by atoms with E-state index in [1.807, 2.05) is 6.07 Å². The molecular formula is C16H24ClN3O2. The second kappa shape index (κ2) is 6.87. The van der Waals surface area contributed by atoms with Gasteiger partial charge in [0.25, 0.3) is 0 Å². The summed E-state index contributed by atoms with van der Waals surface area (Å²) in [6.07, 6.45) is 0.347. The van der Waals surface area contributed by atoms with E-state index in [-0.39, 0.29) is 12.4 Å². The van der Waals surface area contributed by atoms with E-state index in [4.69, 9.17) is 4.74 Å². The van der Waals surface area contributed by atoms with Gasteiger partial charge < -0.3 is 19.3 Å². The number of fused-ring (bicyclic) bond motifs is 3. The van der Waals surface area contributed by atoms with Crippen LogP contribution in [0, 0.1) is 0 Å². The second-order valence-electron chi connectivity index (χ2n) is 5.81. The van der Waals surface area contributed by atoms with Gasteiger partial charge in [0.05, 0.1) is 12.8 Å². The van der Waals surface area contributed by atoms with Gasteiger partial charge in [-0.25, -0.2) is 0 Å². The lowest BCUT2D eigenvalue weighted by molar-refractivity contribution is 0.123. The maximum atomic E-state index is 10.4. The Morgan fingerprint density at radius 1 is 1.41 bits per heavy atom. The lowest BCUT2D eigenvalue weighted by Gasteiger charge is -2.23. The highest BCUT2D eigenvalue weighted by atomic mass is 35.5. The molecule has 1 aliphatic heterocycles. The number of aliphatic hydroxyl groups is 1. The highest BCUT2D eigenvalue weighted by Gasteiger charge is 2.26. The van der Waals surface area contributed by atoms with Crippen LogP contribution in [0.15, 0.2) is 18.2 Å². The van der Waals surface area contributed by atoms with Crippen molar-refractivity contribution in [1.29, 1.82) is 0 Å². The summed E-state index contributed by atoms with van der Waals surface area (Å²) < 4.78 is 7.59. The molecule has 5 nitrogen and oxygen atoms in total. The number of hydrogen-bond donors (Lipinski definition) is 2. The third kappa shape index (κ3) is 2.94. The zero-order valence-electron chi connectivity index (χ0n) is 13.3. The molecule has 0 fully saturated rings. The Labute approximate surface area is 137 Å². The standard InChI is InChI=1S/C16H23N3O2.ClH/c1-18(2)8-9-19-14-5-4-11(21-3)10-13(14)12-6-7-17-16(20)15(12)19;/h4-5,10,16-17,20H,6-9H2,1-3H3;1H. The topological polar surface area (TPSA) is 49.7 Å². The summed E-state index contributed by atoms with van der Waals surface area (Å²) in [6, 6.07) is 6.16. The van der Waals surface area contributed by atoms with E-state index < -0.39 is 6.23 Å². The van der Waals surface area contributed by atoms with Gasteiger partial charge in [-0.05, 0) is 44.3 Å². The van der Waals surface area contributed by atoms with Crippen LogP contribution in [0.5, 0.6) is 5.75 Å². The molecule has 0 bridgehead atoms. The number of likely N-dealkylation sites (N-methyl/N-ethyl adjacent to an activating group) is 1. The van der Waals surface area contributed by atoms with Crippen molar-refractivity contribution in [1.82, 2.24) is 14.8 Å². The molecule has 0 saturated heterocycles. The minimum atomic E-state index is -0.589. The minimum absolute atomic E-state index is 0. The van der Waals surface area contributed by atoms with Crippen molar-refractivity contribution >= 4 is 23.3 Å². The lowest BCUT2D eigenvalue weighted by atomic mass is 10.0. The fourth-order valence-electron chi connectivity index (χ4n) is 3.10. The Hall–Kier alpha value is -1.27. The lowest BCUT2D eigenvalue weighted by Crippen LogP contribution is -2.32. The summed E-state index contributed by atoms with van der Waals surface area (Å²) >= 11 is 0. The molecule has 1 atom stereocenters. The molecule has 1 unspecified atom stereocenters. The molecule has 0 spiro atoms.